The van der Waals surface area contributed by atoms with Gasteiger partial charge in [0.2, 0.25) is 0 Å². The molecular weight excluding hydrogens is 236 g/mol. The van der Waals surface area contributed by atoms with Crippen molar-refractivity contribution in [3.8, 4) is 0 Å². The molecule has 0 unspecified atom stereocenters. The zero-order chi connectivity index (χ0) is 11.6. The van der Waals surface area contributed by atoms with Crippen LogP contribution in [0.15, 0.2) is 17.5 Å². The minimum Gasteiger partial charge on any atom is -0.393 e. The van der Waals surface area contributed by atoms with Gasteiger partial charge < -0.3 is 10.6 Å². The molecule has 1 aliphatic rings. The lowest BCUT2D eigenvalue weighted by Crippen LogP contribution is -2.29. The predicted molar refractivity (Wildman–Crippen MR) is 73.7 cm³/mol. The maximum atomic E-state index is 5.65. The van der Waals surface area contributed by atoms with Crippen LogP contribution < -0.4 is 5.73 Å². The van der Waals surface area contributed by atoms with Crippen LogP contribution in [-0.2, 0) is 6.54 Å². The van der Waals surface area contributed by atoms with Crippen LogP contribution in [0.1, 0.15) is 24.1 Å². The number of hydrogen-bond donors (Lipinski definition) is 1. The van der Waals surface area contributed by atoms with Crippen LogP contribution in [0, 0.1) is 5.41 Å². The van der Waals surface area contributed by atoms with Gasteiger partial charge in [0.1, 0.15) is 0 Å². The normalized spacial score (nSPS) is 17.6. The highest BCUT2D eigenvalue weighted by atomic mass is 32.1. The average molecular weight is 254 g/mol. The quantitative estimate of drug-likeness (QED) is 0.791. The second-order valence-electron chi connectivity index (χ2n) is 4.89. The summed E-state index contributed by atoms with van der Waals surface area (Å²) in [7, 11) is 2.18. The molecule has 1 aromatic rings. The molecule has 0 saturated heterocycles. The van der Waals surface area contributed by atoms with E-state index < -0.39 is 0 Å². The summed E-state index contributed by atoms with van der Waals surface area (Å²) in [6, 6.07) is 4.30. The van der Waals surface area contributed by atoms with Gasteiger partial charge in [-0.25, -0.2) is 0 Å². The number of rotatable bonds is 6. The van der Waals surface area contributed by atoms with E-state index in [2.05, 4.69) is 29.5 Å². The van der Waals surface area contributed by atoms with Crippen LogP contribution in [0.2, 0.25) is 0 Å². The van der Waals surface area contributed by atoms with Gasteiger partial charge in [0.05, 0.1) is 4.99 Å². The molecule has 1 aromatic heterocycles. The first-order chi connectivity index (χ1) is 7.60. The molecule has 0 spiro atoms. The summed E-state index contributed by atoms with van der Waals surface area (Å²) < 4.78 is 0. The molecule has 4 heteroatoms. The van der Waals surface area contributed by atoms with Gasteiger partial charge in [0.15, 0.2) is 0 Å². The first kappa shape index (κ1) is 12.0. The third kappa shape index (κ3) is 3.27. The number of nitrogens with zero attached hydrogens (tertiary/aromatic N) is 1. The van der Waals surface area contributed by atoms with Gasteiger partial charge in [0.25, 0.3) is 0 Å². The molecule has 2 rings (SSSR count). The van der Waals surface area contributed by atoms with Crippen molar-refractivity contribution in [2.75, 3.05) is 13.6 Å². The fourth-order valence-corrected chi connectivity index (χ4v) is 3.32. The molecule has 16 heavy (non-hydrogen) atoms. The summed E-state index contributed by atoms with van der Waals surface area (Å²) in [6.45, 7) is 2.15. The first-order valence-electron chi connectivity index (χ1n) is 5.59. The molecule has 1 aliphatic carbocycles. The van der Waals surface area contributed by atoms with E-state index in [4.69, 9.17) is 18.0 Å². The minimum absolute atomic E-state index is 0.401. The number of thiocarbonyl (C=S) groups is 1. The Morgan fingerprint density at radius 2 is 2.38 bits per heavy atom. The monoisotopic (exact) mass is 254 g/mol. The highest BCUT2D eigenvalue weighted by Crippen LogP contribution is 2.49. The zero-order valence-corrected chi connectivity index (χ0v) is 11.2. The van der Waals surface area contributed by atoms with Crippen LogP contribution in [0.5, 0.6) is 0 Å². The number of nitrogens with two attached hydrogens (primary N) is 1. The molecule has 0 bridgehead atoms. The Bertz CT molecular complexity index is 355. The Kier molecular flexibility index (Phi) is 3.62. The van der Waals surface area contributed by atoms with Crippen LogP contribution in [0.4, 0.5) is 0 Å². The average Bonchev–Trinajstić information content (AvgIpc) is 2.74. The van der Waals surface area contributed by atoms with Gasteiger partial charge in [-0.1, -0.05) is 18.3 Å². The Hall–Kier alpha value is -0.450. The number of hydrogen-bond acceptors (Lipinski definition) is 3. The summed E-state index contributed by atoms with van der Waals surface area (Å²) >= 11 is 6.83. The summed E-state index contributed by atoms with van der Waals surface area (Å²) in [5.41, 5.74) is 6.05. The van der Waals surface area contributed by atoms with Gasteiger partial charge in [-0.3, -0.25) is 0 Å². The van der Waals surface area contributed by atoms with Crippen molar-refractivity contribution in [1.82, 2.24) is 4.90 Å². The summed E-state index contributed by atoms with van der Waals surface area (Å²) in [6.07, 6.45) is 3.47. The Balaban J connectivity index is 1.83. The summed E-state index contributed by atoms with van der Waals surface area (Å²) in [5, 5.41) is 2.13. The molecule has 0 radical (unpaired) electrons. The van der Waals surface area contributed by atoms with Gasteiger partial charge >= 0.3 is 0 Å². The molecule has 0 amide bonds. The zero-order valence-electron chi connectivity index (χ0n) is 9.61. The lowest BCUT2D eigenvalue weighted by molar-refractivity contribution is 0.262. The Morgan fingerprint density at radius 3 is 2.88 bits per heavy atom. The van der Waals surface area contributed by atoms with Crippen molar-refractivity contribution in [3.05, 3.63) is 22.4 Å². The standard InChI is InChI=1S/C12H18N2S2/c1-14(8-10-3-2-6-16-10)9-12(4-5-12)7-11(13)15/h2-3,6H,4-5,7-9H2,1H3,(H2,13,15). The van der Waals surface area contributed by atoms with Crippen molar-refractivity contribution in [1.29, 1.82) is 0 Å². The Morgan fingerprint density at radius 1 is 1.62 bits per heavy atom. The first-order valence-corrected chi connectivity index (χ1v) is 6.88. The highest BCUT2D eigenvalue weighted by Gasteiger charge is 2.43. The second-order valence-corrected chi connectivity index (χ2v) is 6.45. The van der Waals surface area contributed by atoms with Gasteiger partial charge in [-0.05, 0) is 36.8 Å². The molecule has 0 aromatic carbocycles. The van der Waals surface area contributed by atoms with Gasteiger partial charge in [-0.2, -0.15) is 0 Å². The topological polar surface area (TPSA) is 29.3 Å². The van der Waals surface area contributed by atoms with Crippen LogP contribution in [0.25, 0.3) is 0 Å². The van der Waals surface area contributed by atoms with E-state index in [1.54, 1.807) is 0 Å². The molecule has 1 saturated carbocycles. The fourth-order valence-electron chi connectivity index (χ4n) is 2.23. The lowest BCUT2D eigenvalue weighted by atomic mass is 10.0. The molecule has 2 nitrogen and oxygen atoms in total. The van der Waals surface area contributed by atoms with Crippen molar-refractivity contribution in [2.24, 2.45) is 11.1 Å². The maximum absolute atomic E-state index is 5.65. The van der Waals surface area contributed by atoms with Crippen molar-refractivity contribution in [2.45, 2.75) is 25.8 Å². The molecule has 1 fully saturated rings. The molecule has 1 heterocycles. The Labute approximate surface area is 106 Å². The third-order valence-corrected chi connectivity index (χ3v) is 4.12. The molecule has 2 N–H and O–H groups in total. The van der Waals surface area contributed by atoms with Crippen molar-refractivity contribution < 1.29 is 0 Å². The summed E-state index contributed by atoms with van der Waals surface area (Å²) in [4.78, 5) is 4.48. The van der Waals surface area contributed by atoms with Crippen LogP contribution in [0.3, 0.4) is 0 Å². The van der Waals surface area contributed by atoms with Crippen molar-refractivity contribution in [3.63, 3.8) is 0 Å². The van der Waals surface area contributed by atoms with Gasteiger partial charge in [0, 0.05) is 24.4 Å². The summed E-state index contributed by atoms with van der Waals surface area (Å²) in [5.74, 6) is 0. The third-order valence-electron chi connectivity index (χ3n) is 3.12. The highest BCUT2D eigenvalue weighted by molar-refractivity contribution is 7.80. The largest absolute Gasteiger partial charge is 0.393 e. The van der Waals surface area contributed by atoms with E-state index >= 15 is 0 Å². The van der Waals surface area contributed by atoms with Crippen LogP contribution in [-0.4, -0.2) is 23.5 Å². The molecular formula is C12H18N2S2. The molecule has 0 atom stereocenters. The van der Waals surface area contributed by atoms with E-state index in [-0.39, 0.29) is 0 Å². The number of thiophene rings is 1. The van der Waals surface area contributed by atoms with E-state index in [1.807, 2.05) is 11.3 Å². The molecule has 0 aliphatic heterocycles. The van der Waals surface area contributed by atoms with E-state index in [0.29, 0.717) is 10.4 Å². The van der Waals surface area contributed by atoms with E-state index in [1.165, 1.54) is 17.7 Å². The molecule has 88 valence electrons. The second kappa shape index (κ2) is 4.82. The van der Waals surface area contributed by atoms with Gasteiger partial charge in [-0.15, -0.1) is 11.3 Å². The predicted octanol–water partition coefficient (Wildman–Crippen LogP) is 2.64. The van der Waals surface area contributed by atoms with E-state index in [9.17, 15) is 0 Å². The lowest BCUT2D eigenvalue weighted by Gasteiger charge is -2.22. The van der Waals surface area contributed by atoms with Crippen LogP contribution >= 0.6 is 23.6 Å². The van der Waals surface area contributed by atoms with Crippen molar-refractivity contribution >= 4 is 28.5 Å². The maximum Gasteiger partial charge on any atom is 0.0733 e. The minimum atomic E-state index is 0.401. The van der Waals surface area contributed by atoms with E-state index in [0.717, 1.165) is 19.5 Å². The fraction of sp³-hybridized carbons (Fsp3) is 0.583. The smallest absolute Gasteiger partial charge is 0.0733 e. The SMILES string of the molecule is CN(Cc1cccs1)CC1(CC(N)=S)CC1.